The van der Waals surface area contributed by atoms with E-state index in [1.165, 1.54) is 36.4 Å². The monoisotopic (exact) mass is 462 g/mol. The van der Waals surface area contributed by atoms with E-state index >= 15 is 0 Å². The van der Waals surface area contributed by atoms with Crippen molar-refractivity contribution in [2.45, 2.75) is 38.0 Å². The highest BCUT2D eigenvalue weighted by Crippen LogP contribution is 2.44. The van der Waals surface area contributed by atoms with Crippen molar-refractivity contribution in [1.82, 2.24) is 0 Å². The molecule has 1 unspecified atom stereocenters. The Morgan fingerprint density at radius 2 is 1.80 bits per heavy atom. The van der Waals surface area contributed by atoms with Crippen molar-refractivity contribution in [1.29, 1.82) is 0 Å². The van der Waals surface area contributed by atoms with E-state index in [-0.39, 0.29) is 22.2 Å². The van der Waals surface area contributed by atoms with Gasteiger partial charge in [-0.15, -0.1) is 0 Å². The molecule has 2 aromatic rings. The van der Waals surface area contributed by atoms with Crippen LogP contribution in [0.15, 0.2) is 42.5 Å². The van der Waals surface area contributed by atoms with Crippen LogP contribution in [0.4, 0.5) is 18.9 Å². The number of ether oxygens (including phenoxy) is 1. The number of hydrogen-bond donors (Lipinski definition) is 1. The number of rotatable bonds is 7. The molecule has 0 heterocycles. The standard InChI is InChI=1S/C22H22Cl2F3NO2/c1-12(22(25,26)27)19(13-5-8-16(23)9-6-13)21(29)28-18-11-15(7-10-17(18)24)20(30-2)14-3-4-14/h5-12,14,19-20H,3-4H2,1-2H3,(H,28,29)/t12-,19+,20?/m1/s1/i2D3. The van der Waals surface area contributed by atoms with Crippen LogP contribution in [0, 0.1) is 11.8 Å². The van der Waals surface area contributed by atoms with Gasteiger partial charge in [0.25, 0.3) is 0 Å². The Hall–Kier alpha value is -1.76. The van der Waals surface area contributed by atoms with Crippen LogP contribution in [0.2, 0.25) is 10.0 Å². The number of anilines is 1. The van der Waals surface area contributed by atoms with Gasteiger partial charge in [0, 0.05) is 12.1 Å². The van der Waals surface area contributed by atoms with Crippen LogP contribution in [0.25, 0.3) is 0 Å². The van der Waals surface area contributed by atoms with Crippen molar-refractivity contribution in [3.63, 3.8) is 0 Å². The number of carbonyl (C=O) groups is 1. The van der Waals surface area contributed by atoms with Crippen LogP contribution >= 0.6 is 23.2 Å². The number of carbonyl (C=O) groups excluding carboxylic acids is 1. The SMILES string of the molecule is [2H]C([2H])([2H])OC(c1ccc(Cl)c(NC(=O)[C@H](c2ccc(Cl)cc2)[C@@H](C)C(F)(F)F)c1)C1CC1. The van der Waals surface area contributed by atoms with Crippen LogP contribution in [-0.2, 0) is 9.53 Å². The topological polar surface area (TPSA) is 38.3 Å². The number of halogens is 5. The van der Waals surface area contributed by atoms with Crippen molar-refractivity contribution in [3.8, 4) is 0 Å². The highest BCUT2D eigenvalue weighted by molar-refractivity contribution is 6.33. The number of nitrogens with one attached hydrogen (secondary N) is 1. The summed E-state index contributed by atoms with van der Waals surface area (Å²) in [6, 6.07) is 10.1. The number of benzene rings is 2. The molecule has 3 atom stereocenters. The van der Waals surface area contributed by atoms with E-state index in [2.05, 4.69) is 5.32 Å². The Morgan fingerprint density at radius 1 is 1.17 bits per heavy atom. The first-order valence-corrected chi connectivity index (χ1v) is 10.1. The molecule has 2 aromatic carbocycles. The highest BCUT2D eigenvalue weighted by Gasteiger charge is 2.45. The lowest BCUT2D eigenvalue weighted by Gasteiger charge is -2.26. The predicted octanol–water partition coefficient (Wildman–Crippen LogP) is 7.01. The molecule has 1 aliphatic carbocycles. The molecule has 1 amide bonds. The molecule has 0 spiro atoms. The minimum Gasteiger partial charge on any atom is -0.376 e. The summed E-state index contributed by atoms with van der Waals surface area (Å²) < 4.78 is 68.2. The van der Waals surface area contributed by atoms with Gasteiger partial charge in [-0.1, -0.05) is 48.3 Å². The van der Waals surface area contributed by atoms with Gasteiger partial charge in [0.2, 0.25) is 5.91 Å². The number of methoxy groups -OCH3 is 1. The molecule has 1 aliphatic rings. The van der Waals surface area contributed by atoms with Crippen LogP contribution < -0.4 is 5.32 Å². The summed E-state index contributed by atoms with van der Waals surface area (Å²) >= 11 is 12.1. The van der Waals surface area contributed by atoms with Gasteiger partial charge in [0.05, 0.1) is 32.8 Å². The zero-order chi connectivity index (χ0) is 24.6. The average Bonchev–Trinajstić information content (AvgIpc) is 3.53. The summed E-state index contributed by atoms with van der Waals surface area (Å²) in [5.41, 5.74) is 0.697. The fourth-order valence-electron chi connectivity index (χ4n) is 3.39. The van der Waals surface area contributed by atoms with Gasteiger partial charge in [-0.2, -0.15) is 13.2 Å². The minimum absolute atomic E-state index is 0.00206. The molecule has 162 valence electrons. The molecular formula is C22H22Cl2F3NO2. The van der Waals surface area contributed by atoms with E-state index in [0.29, 0.717) is 10.6 Å². The lowest BCUT2D eigenvalue weighted by Crippen LogP contribution is -2.34. The third-order valence-corrected chi connectivity index (χ3v) is 5.86. The summed E-state index contributed by atoms with van der Waals surface area (Å²) in [7, 11) is -2.63. The summed E-state index contributed by atoms with van der Waals surface area (Å²) in [6.07, 6.45) is -3.80. The second-order valence-electron chi connectivity index (χ2n) is 7.46. The van der Waals surface area contributed by atoms with Crippen molar-refractivity contribution >= 4 is 34.8 Å². The molecule has 0 saturated heterocycles. The summed E-state index contributed by atoms with van der Waals surface area (Å²) in [5.74, 6) is -4.44. The smallest absolute Gasteiger partial charge is 0.376 e. The first-order chi connectivity index (χ1) is 15.3. The third-order valence-electron chi connectivity index (χ3n) is 5.28. The maximum atomic E-state index is 13.6. The molecule has 0 aromatic heterocycles. The average molecular weight is 463 g/mol. The lowest BCUT2D eigenvalue weighted by molar-refractivity contribution is -0.178. The molecule has 1 saturated carbocycles. The largest absolute Gasteiger partial charge is 0.392 e. The maximum absolute atomic E-state index is 13.6. The quantitative estimate of drug-likeness (QED) is 0.480. The maximum Gasteiger partial charge on any atom is 0.392 e. The molecule has 8 heteroatoms. The van der Waals surface area contributed by atoms with E-state index in [1.54, 1.807) is 6.07 Å². The van der Waals surface area contributed by atoms with Gasteiger partial charge < -0.3 is 10.1 Å². The molecule has 3 rings (SSSR count). The normalized spacial score (nSPS) is 19.2. The lowest BCUT2D eigenvalue weighted by atomic mass is 9.86. The third kappa shape index (κ3) is 5.29. The summed E-state index contributed by atoms with van der Waals surface area (Å²) in [4.78, 5) is 13.1. The zero-order valence-electron chi connectivity index (χ0n) is 19.0. The summed E-state index contributed by atoms with van der Waals surface area (Å²) in [6.45, 7) is 0.935. The van der Waals surface area contributed by atoms with Gasteiger partial charge in [-0.25, -0.2) is 0 Å². The second-order valence-corrected chi connectivity index (χ2v) is 8.31. The molecular weight excluding hydrogens is 438 g/mol. The Balaban J connectivity index is 1.91. The van der Waals surface area contributed by atoms with E-state index < -0.39 is 37.1 Å². The van der Waals surface area contributed by atoms with Crippen molar-refractivity contribution < 1.29 is 26.8 Å². The van der Waals surface area contributed by atoms with E-state index in [1.807, 2.05) is 0 Å². The highest BCUT2D eigenvalue weighted by atomic mass is 35.5. The van der Waals surface area contributed by atoms with E-state index in [9.17, 15) is 18.0 Å². The molecule has 1 N–H and O–H groups in total. The van der Waals surface area contributed by atoms with Gasteiger partial charge in [0.15, 0.2) is 0 Å². The van der Waals surface area contributed by atoms with Gasteiger partial charge in [-0.3, -0.25) is 4.79 Å². The summed E-state index contributed by atoms with van der Waals surface area (Å²) in [5, 5.41) is 2.92. The van der Waals surface area contributed by atoms with Crippen LogP contribution in [-0.4, -0.2) is 19.1 Å². The fourth-order valence-corrected chi connectivity index (χ4v) is 3.68. The molecule has 0 radical (unpaired) electrons. The Morgan fingerprint density at radius 3 is 2.37 bits per heavy atom. The van der Waals surface area contributed by atoms with Gasteiger partial charge in [0.1, 0.15) is 0 Å². The van der Waals surface area contributed by atoms with Crippen molar-refractivity contribution in [3.05, 3.63) is 63.6 Å². The molecule has 1 fully saturated rings. The molecule has 3 nitrogen and oxygen atoms in total. The van der Waals surface area contributed by atoms with Crippen LogP contribution in [0.5, 0.6) is 0 Å². The second kappa shape index (κ2) is 9.16. The number of hydrogen-bond acceptors (Lipinski definition) is 2. The van der Waals surface area contributed by atoms with Crippen molar-refractivity contribution in [2.75, 3.05) is 12.4 Å². The van der Waals surface area contributed by atoms with E-state index in [4.69, 9.17) is 32.1 Å². The van der Waals surface area contributed by atoms with E-state index in [0.717, 1.165) is 19.8 Å². The molecule has 0 bridgehead atoms. The van der Waals surface area contributed by atoms with Crippen LogP contribution in [0.1, 0.15) is 47.0 Å². The van der Waals surface area contributed by atoms with Gasteiger partial charge in [-0.05, 0) is 54.2 Å². The van der Waals surface area contributed by atoms with Gasteiger partial charge >= 0.3 is 6.18 Å². The zero-order valence-corrected chi connectivity index (χ0v) is 17.5. The minimum atomic E-state index is -4.63. The number of amides is 1. The Kier molecular flexibility index (Phi) is 5.79. The molecule has 30 heavy (non-hydrogen) atoms. The predicted molar refractivity (Wildman–Crippen MR) is 112 cm³/mol. The molecule has 0 aliphatic heterocycles. The van der Waals surface area contributed by atoms with Crippen molar-refractivity contribution in [2.24, 2.45) is 11.8 Å². The first kappa shape index (κ1) is 19.0. The first-order valence-electron chi connectivity index (χ1n) is 10.9. The fraction of sp³-hybridized carbons (Fsp3) is 0.409. The van der Waals surface area contributed by atoms with Crippen LogP contribution in [0.3, 0.4) is 0 Å². The number of alkyl halides is 3. The Bertz CT molecular complexity index is 996. The Labute approximate surface area is 187 Å².